The molecule has 0 bridgehead atoms. The molecule has 1 aliphatic heterocycles. The Bertz CT molecular complexity index is 984. The molecule has 7 nitrogen and oxygen atoms in total. The van der Waals surface area contributed by atoms with Gasteiger partial charge in [0.15, 0.2) is 11.0 Å². The average Bonchev–Trinajstić information content (AvgIpc) is 3.53. The van der Waals surface area contributed by atoms with Crippen molar-refractivity contribution in [3.63, 3.8) is 0 Å². The number of ether oxygens (including phenoxy) is 2. The molecule has 1 aliphatic rings. The molecule has 30 heavy (non-hydrogen) atoms. The zero-order valence-corrected chi connectivity index (χ0v) is 18.5. The second-order valence-corrected chi connectivity index (χ2v) is 9.19. The Balaban J connectivity index is 1.59. The molecule has 0 radical (unpaired) electrons. The molecule has 3 heterocycles. The Hall–Kier alpha value is -2.36. The van der Waals surface area contributed by atoms with Gasteiger partial charge in [0, 0.05) is 13.2 Å². The maximum Gasteiger partial charge on any atom is 0.233 e. The van der Waals surface area contributed by atoms with Gasteiger partial charge in [-0.2, -0.15) is 0 Å². The van der Waals surface area contributed by atoms with E-state index in [1.807, 2.05) is 53.3 Å². The molecule has 3 aromatic rings. The summed E-state index contributed by atoms with van der Waals surface area (Å²) >= 11 is 2.97. The van der Waals surface area contributed by atoms with Gasteiger partial charge in [-0.3, -0.25) is 9.36 Å². The van der Waals surface area contributed by atoms with Gasteiger partial charge < -0.3 is 14.8 Å². The van der Waals surface area contributed by atoms with Crippen molar-refractivity contribution >= 4 is 29.0 Å². The summed E-state index contributed by atoms with van der Waals surface area (Å²) in [7, 11) is 1.64. The number of nitrogens with zero attached hydrogens (tertiary/aromatic N) is 3. The summed E-state index contributed by atoms with van der Waals surface area (Å²) in [5, 5.41) is 14.1. The SMILES string of the molecule is COc1ccccc1-n1c(S[C@H](C)C(=O)NC[C@@H]2CCCO2)nnc1-c1cccs1. The van der Waals surface area contributed by atoms with Crippen LogP contribution in [0.5, 0.6) is 5.75 Å². The van der Waals surface area contributed by atoms with Crippen LogP contribution in [0.4, 0.5) is 0 Å². The highest BCUT2D eigenvalue weighted by Crippen LogP contribution is 2.35. The molecule has 158 valence electrons. The zero-order chi connectivity index (χ0) is 20.9. The van der Waals surface area contributed by atoms with Crippen molar-refractivity contribution in [2.45, 2.75) is 36.3 Å². The molecule has 1 amide bonds. The minimum atomic E-state index is -0.333. The van der Waals surface area contributed by atoms with Crippen LogP contribution in [0, 0.1) is 0 Å². The molecule has 9 heteroatoms. The summed E-state index contributed by atoms with van der Waals surface area (Å²) in [6.07, 6.45) is 2.17. The number of rotatable bonds is 8. The minimum absolute atomic E-state index is 0.0391. The molecule has 2 aromatic heterocycles. The highest BCUT2D eigenvalue weighted by atomic mass is 32.2. The van der Waals surface area contributed by atoms with E-state index in [2.05, 4.69) is 15.5 Å². The van der Waals surface area contributed by atoms with E-state index in [-0.39, 0.29) is 17.3 Å². The van der Waals surface area contributed by atoms with Gasteiger partial charge in [0.2, 0.25) is 5.91 Å². The standard InChI is InChI=1S/C21H24N4O3S2/c1-14(20(26)22-13-15-7-5-11-28-15)30-21-24-23-19(18-10-6-12-29-18)25(21)16-8-3-4-9-17(16)27-2/h3-4,6,8-10,12,14-15H,5,7,11,13H2,1-2H3,(H,22,26)/t14-,15+/m1/s1. The minimum Gasteiger partial charge on any atom is -0.495 e. The molecule has 4 rings (SSSR count). The molecule has 0 aliphatic carbocycles. The fourth-order valence-electron chi connectivity index (χ4n) is 3.32. The summed E-state index contributed by atoms with van der Waals surface area (Å²) in [6, 6.07) is 11.7. The van der Waals surface area contributed by atoms with Gasteiger partial charge in [-0.1, -0.05) is 30.0 Å². The Morgan fingerprint density at radius 3 is 2.97 bits per heavy atom. The number of carbonyl (C=O) groups excluding carboxylic acids is 1. The van der Waals surface area contributed by atoms with E-state index in [0.717, 1.165) is 35.8 Å². The van der Waals surface area contributed by atoms with Crippen molar-refractivity contribution in [1.29, 1.82) is 0 Å². The van der Waals surface area contributed by atoms with E-state index >= 15 is 0 Å². The van der Waals surface area contributed by atoms with Crippen LogP contribution < -0.4 is 10.1 Å². The van der Waals surface area contributed by atoms with Crippen LogP contribution in [0.3, 0.4) is 0 Å². The van der Waals surface area contributed by atoms with E-state index in [1.54, 1.807) is 18.4 Å². The third-order valence-electron chi connectivity index (χ3n) is 4.88. The van der Waals surface area contributed by atoms with Crippen molar-refractivity contribution in [1.82, 2.24) is 20.1 Å². The number of amides is 1. The lowest BCUT2D eigenvalue weighted by atomic mass is 10.2. The molecule has 1 saturated heterocycles. The lowest BCUT2D eigenvalue weighted by Gasteiger charge is -2.16. The number of benzene rings is 1. The van der Waals surface area contributed by atoms with Crippen LogP contribution >= 0.6 is 23.1 Å². The van der Waals surface area contributed by atoms with E-state index < -0.39 is 0 Å². The molecule has 0 spiro atoms. The second-order valence-electron chi connectivity index (χ2n) is 6.93. The van der Waals surface area contributed by atoms with Crippen LogP contribution in [-0.4, -0.2) is 52.3 Å². The predicted octanol–water partition coefficient (Wildman–Crippen LogP) is 3.78. The van der Waals surface area contributed by atoms with Crippen LogP contribution in [0.2, 0.25) is 0 Å². The number of para-hydroxylation sites is 2. The van der Waals surface area contributed by atoms with E-state index in [4.69, 9.17) is 9.47 Å². The molecule has 1 N–H and O–H groups in total. The van der Waals surface area contributed by atoms with Crippen molar-refractivity contribution < 1.29 is 14.3 Å². The normalized spacial score (nSPS) is 17.1. The van der Waals surface area contributed by atoms with Gasteiger partial charge in [-0.25, -0.2) is 0 Å². The summed E-state index contributed by atoms with van der Waals surface area (Å²) in [6.45, 7) is 3.20. The fraction of sp³-hybridized carbons (Fsp3) is 0.381. The summed E-state index contributed by atoms with van der Waals surface area (Å²) in [5.74, 6) is 1.40. The predicted molar refractivity (Wildman–Crippen MR) is 119 cm³/mol. The van der Waals surface area contributed by atoms with Gasteiger partial charge in [0.25, 0.3) is 0 Å². The lowest BCUT2D eigenvalue weighted by Crippen LogP contribution is -2.36. The van der Waals surface area contributed by atoms with Gasteiger partial charge in [0.1, 0.15) is 5.75 Å². The molecule has 1 aromatic carbocycles. The Kier molecular flexibility index (Phi) is 6.71. The first-order valence-electron chi connectivity index (χ1n) is 9.86. The fourth-order valence-corrected chi connectivity index (χ4v) is 4.90. The second kappa shape index (κ2) is 9.63. The summed E-state index contributed by atoms with van der Waals surface area (Å²) < 4.78 is 13.1. The molecular weight excluding hydrogens is 420 g/mol. The average molecular weight is 445 g/mol. The van der Waals surface area contributed by atoms with Crippen LogP contribution in [-0.2, 0) is 9.53 Å². The molecule has 0 saturated carbocycles. The Labute approximate surface area is 183 Å². The van der Waals surface area contributed by atoms with Crippen LogP contribution in [0.1, 0.15) is 19.8 Å². The number of thiophene rings is 1. The summed E-state index contributed by atoms with van der Waals surface area (Å²) in [4.78, 5) is 13.6. The molecule has 2 atom stereocenters. The lowest BCUT2D eigenvalue weighted by molar-refractivity contribution is -0.120. The molecular formula is C21H24N4O3S2. The first-order valence-corrected chi connectivity index (χ1v) is 11.6. The van der Waals surface area contributed by atoms with Crippen LogP contribution in [0.25, 0.3) is 16.4 Å². The van der Waals surface area contributed by atoms with Gasteiger partial charge >= 0.3 is 0 Å². The quantitative estimate of drug-likeness (QED) is 0.533. The van der Waals surface area contributed by atoms with E-state index in [9.17, 15) is 4.79 Å². The first-order chi connectivity index (χ1) is 14.7. The third-order valence-corrected chi connectivity index (χ3v) is 6.79. The Morgan fingerprint density at radius 1 is 1.37 bits per heavy atom. The largest absolute Gasteiger partial charge is 0.495 e. The van der Waals surface area contributed by atoms with E-state index in [0.29, 0.717) is 17.5 Å². The third kappa shape index (κ3) is 4.53. The number of carbonyl (C=O) groups is 1. The van der Waals surface area contributed by atoms with Crippen molar-refractivity contribution in [2.24, 2.45) is 0 Å². The van der Waals surface area contributed by atoms with Crippen molar-refractivity contribution in [3.8, 4) is 22.1 Å². The van der Waals surface area contributed by atoms with Gasteiger partial charge in [0.05, 0.1) is 29.0 Å². The monoisotopic (exact) mass is 444 g/mol. The van der Waals surface area contributed by atoms with Crippen LogP contribution in [0.15, 0.2) is 46.9 Å². The maximum atomic E-state index is 12.6. The zero-order valence-electron chi connectivity index (χ0n) is 16.9. The van der Waals surface area contributed by atoms with Crippen molar-refractivity contribution in [3.05, 3.63) is 41.8 Å². The number of hydrogen-bond acceptors (Lipinski definition) is 7. The highest BCUT2D eigenvalue weighted by molar-refractivity contribution is 8.00. The van der Waals surface area contributed by atoms with Crippen molar-refractivity contribution in [2.75, 3.05) is 20.3 Å². The van der Waals surface area contributed by atoms with Gasteiger partial charge in [-0.15, -0.1) is 21.5 Å². The number of aromatic nitrogens is 3. The molecule has 1 fully saturated rings. The number of nitrogens with one attached hydrogen (secondary N) is 1. The highest BCUT2D eigenvalue weighted by Gasteiger charge is 2.24. The smallest absolute Gasteiger partial charge is 0.233 e. The first kappa shape index (κ1) is 20.9. The molecule has 0 unspecified atom stereocenters. The number of thioether (sulfide) groups is 1. The maximum absolute atomic E-state index is 12.6. The van der Waals surface area contributed by atoms with E-state index in [1.165, 1.54) is 11.8 Å². The van der Waals surface area contributed by atoms with Gasteiger partial charge in [-0.05, 0) is 43.3 Å². The summed E-state index contributed by atoms with van der Waals surface area (Å²) in [5.41, 5.74) is 0.836. The Morgan fingerprint density at radius 2 is 2.23 bits per heavy atom. The number of methoxy groups -OCH3 is 1. The topological polar surface area (TPSA) is 78.3 Å². The number of hydrogen-bond donors (Lipinski definition) is 1.